The zero-order valence-corrected chi connectivity index (χ0v) is 19.3. The van der Waals surface area contributed by atoms with Gasteiger partial charge in [0.15, 0.2) is 6.61 Å². The summed E-state index contributed by atoms with van der Waals surface area (Å²) in [7, 11) is 0. The first-order valence-corrected chi connectivity index (χ1v) is 11.1. The van der Waals surface area contributed by atoms with Crippen molar-refractivity contribution in [1.82, 2.24) is 5.32 Å². The predicted octanol–water partition coefficient (Wildman–Crippen LogP) is 5.31. The molecule has 3 rings (SSSR count). The van der Waals surface area contributed by atoms with Gasteiger partial charge in [0, 0.05) is 6.04 Å². The molecule has 0 heterocycles. The first kappa shape index (κ1) is 21.8. The molecule has 0 atom stereocenters. The smallest absolute Gasteiger partial charge is 0.338 e. The van der Waals surface area contributed by atoms with Crippen LogP contribution in [0, 0.1) is 6.92 Å². The van der Waals surface area contributed by atoms with Gasteiger partial charge < -0.3 is 14.8 Å². The van der Waals surface area contributed by atoms with E-state index in [0.717, 1.165) is 51.5 Å². The molecule has 0 unspecified atom stereocenters. The number of carbonyl (C=O) groups excluding carboxylic acids is 2. The zero-order valence-electron chi connectivity index (χ0n) is 16.2. The van der Waals surface area contributed by atoms with Crippen molar-refractivity contribution in [2.45, 2.75) is 45.3 Å². The summed E-state index contributed by atoms with van der Waals surface area (Å²) in [4.78, 5) is 24.0. The van der Waals surface area contributed by atoms with Gasteiger partial charge in [-0.3, -0.25) is 4.79 Å². The molecular formula is C22H23Br2NO4. The summed E-state index contributed by atoms with van der Waals surface area (Å²) < 4.78 is 12.8. The molecule has 2 aromatic rings. The van der Waals surface area contributed by atoms with Crippen LogP contribution in [0.5, 0.6) is 5.75 Å². The second kappa shape index (κ2) is 10.3. The normalized spacial score (nSPS) is 13.9. The molecule has 0 spiro atoms. The highest BCUT2D eigenvalue weighted by atomic mass is 79.9. The number of esters is 1. The lowest BCUT2D eigenvalue weighted by molar-refractivity contribution is -0.124. The van der Waals surface area contributed by atoms with Gasteiger partial charge in [-0.05, 0) is 87.0 Å². The van der Waals surface area contributed by atoms with E-state index in [9.17, 15) is 9.59 Å². The van der Waals surface area contributed by atoms with Gasteiger partial charge in [0.25, 0.3) is 5.91 Å². The van der Waals surface area contributed by atoms with Crippen LogP contribution in [-0.2, 0) is 16.1 Å². The topological polar surface area (TPSA) is 64.6 Å². The number of hydrogen-bond donors (Lipinski definition) is 1. The maximum Gasteiger partial charge on any atom is 0.338 e. The summed E-state index contributed by atoms with van der Waals surface area (Å²) in [6.07, 6.45) is 4.27. The second-order valence-corrected chi connectivity index (χ2v) is 8.88. The SMILES string of the molecule is Cc1cc(Br)c(OCc2ccc(C(=O)OCC(=O)NC3CCCC3)cc2)c(Br)c1. The average molecular weight is 525 g/mol. The van der Waals surface area contributed by atoms with Gasteiger partial charge in [-0.1, -0.05) is 25.0 Å². The van der Waals surface area contributed by atoms with Crippen molar-refractivity contribution < 1.29 is 19.1 Å². The molecule has 2 aromatic carbocycles. The number of amides is 1. The largest absolute Gasteiger partial charge is 0.487 e. The van der Waals surface area contributed by atoms with Gasteiger partial charge in [0.05, 0.1) is 14.5 Å². The van der Waals surface area contributed by atoms with Crippen molar-refractivity contribution in [3.63, 3.8) is 0 Å². The Kier molecular flexibility index (Phi) is 7.72. The Morgan fingerprint density at radius 2 is 1.69 bits per heavy atom. The average Bonchev–Trinajstić information content (AvgIpc) is 3.18. The predicted molar refractivity (Wildman–Crippen MR) is 118 cm³/mol. The fourth-order valence-corrected chi connectivity index (χ4v) is 4.92. The van der Waals surface area contributed by atoms with Crippen molar-refractivity contribution in [1.29, 1.82) is 0 Å². The summed E-state index contributed by atoms with van der Waals surface area (Å²) >= 11 is 7.02. The first-order valence-electron chi connectivity index (χ1n) is 9.56. The highest BCUT2D eigenvalue weighted by Gasteiger charge is 2.18. The molecule has 0 aromatic heterocycles. The van der Waals surface area contributed by atoms with E-state index in [1.54, 1.807) is 12.1 Å². The number of aryl methyl sites for hydroxylation is 1. The molecular weight excluding hydrogens is 502 g/mol. The molecule has 1 aliphatic carbocycles. The number of halogens is 2. The number of ether oxygens (including phenoxy) is 2. The lowest BCUT2D eigenvalue weighted by Gasteiger charge is -2.12. The van der Waals surface area contributed by atoms with Gasteiger partial charge in [-0.25, -0.2) is 4.79 Å². The van der Waals surface area contributed by atoms with E-state index in [0.29, 0.717) is 12.2 Å². The lowest BCUT2D eigenvalue weighted by atomic mass is 10.1. The van der Waals surface area contributed by atoms with E-state index in [1.807, 2.05) is 31.2 Å². The Bertz CT molecular complexity index is 854. The van der Waals surface area contributed by atoms with E-state index in [1.165, 1.54) is 0 Å². The van der Waals surface area contributed by atoms with Crippen LogP contribution >= 0.6 is 31.9 Å². The molecule has 1 N–H and O–H groups in total. The van der Waals surface area contributed by atoms with Crippen molar-refractivity contribution in [2.24, 2.45) is 0 Å². The summed E-state index contributed by atoms with van der Waals surface area (Å²) in [5, 5.41) is 2.90. The molecule has 5 nitrogen and oxygen atoms in total. The minimum atomic E-state index is -0.511. The molecule has 1 amide bonds. The number of nitrogens with one attached hydrogen (secondary N) is 1. The minimum absolute atomic E-state index is 0.217. The molecule has 0 bridgehead atoms. The number of benzene rings is 2. The van der Waals surface area contributed by atoms with Crippen LogP contribution in [0.3, 0.4) is 0 Å². The van der Waals surface area contributed by atoms with Crippen molar-refractivity contribution in [3.05, 3.63) is 62.0 Å². The Morgan fingerprint density at radius 3 is 2.31 bits per heavy atom. The number of hydrogen-bond acceptors (Lipinski definition) is 4. The molecule has 1 fully saturated rings. The van der Waals surface area contributed by atoms with E-state index < -0.39 is 5.97 Å². The van der Waals surface area contributed by atoms with Crippen LogP contribution in [0.25, 0.3) is 0 Å². The van der Waals surface area contributed by atoms with Gasteiger partial charge >= 0.3 is 5.97 Å². The van der Waals surface area contributed by atoms with Crippen molar-refractivity contribution in [2.75, 3.05) is 6.61 Å². The third kappa shape index (κ3) is 6.31. The van der Waals surface area contributed by atoms with Gasteiger partial charge in [-0.2, -0.15) is 0 Å². The van der Waals surface area contributed by atoms with Crippen LogP contribution in [-0.4, -0.2) is 24.5 Å². The standard InChI is InChI=1S/C22H23Br2NO4/c1-14-10-18(23)21(19(24)11-14)28-12-15-6-8-16(9-7-15)22(27)29-13-20(26)25-17-4-2-3-5-17/h6-11,17H,2-5,12-13H2,1H3,(H,25,26). The van der Waals surface area contributed by atoms with Crippen molar-refractivity contribution >= 4 is 43.7 Å². The maximum atomic E-state index is 12.2. The maximum absolute atomic E-state index is 12.2. The minimum Gasteiger partial charge on any atom is -0.487 e. The summed E-state index contributed by atoms with van der Waals surface area (Å²) in [6, 6.07) is 11.2. The monoisotopic (exact) mass is 523 g/mol. The van der Waals surface area contributed by atoms with Crippen LogP contribution in [0.2, 0.25) is 0 Å². The van der Waals surface area contributed by atoms with Gasteiger partial charge in [0.1, 0.15) is 12.4 Å². The summed E-state index contributed by atoms with van der Waals surface area (Å²) in [5.74, 6) is -0.0278. The van der Waals surface area contributed by atoms with Crippen LogP contribution in [0.1, 0.15) is 47.2 Å². The third-order valence-electron chi connectivity index (χ3n) is 4.77. The Hall–Kier alpha value is -1.86. The van der Waals surface area contributed by atoms with Gasteiger partial charge in [-0.15, -0.1) is 0 Å². The lowest BCUT2D eigenvalue weighted by Crippen LogP contribution is -2.35. The summed E-state index contributed by atoms with van der Waals surface area (Å²) in [5.41, 5.74) is 2.44. The molecule has 0 radical (unpaired) electrons. The second-order valence-electron chi connectivity index (χ2n) is 7.17. The molecule has 0 saturated heterocycles. The molecule has 1 saturated carbocycles. The van der Waals surface area contributed by atoms with E-state index in [-0.39, 0.29) is 18.6 Å². The van der Waals surface area contributed by atoms with Crippen LogP contribution < -0.4 is 10.1 Å². The number of rotatable bonds is 7. The molecule has 1 aliphatic rings. The Balaban J connectivity index is 1.49. The van der Waals surface area contributed by atoms with E-state index >= 15 is 0 Å². The van der Waals surface area contributed by atoms with Crippen LogP contribution in [0.15, 0.2) is 45.3 Å². The van der Waals surface area contributed by atoms with E-state index in [4.69, 9.17) is 9.47 Å². The Morgan fingerprint density at radius 1 is 1.07 bits per heavy atom. The highest BCUT2D eigenvalue weighted by molar-refractivity contribution is 9.11. The van der Waals surface area contributed by atoms with Crippen LogP contribution in [0.4, 0.5) is 0 Å². The van der Waals surface area contributed by atoms with Gasteiger partial charge in [0.2, 0.25) is 0 Å². The Labute approximate surface area is 187 Å². The molecule has 0 aliphatic heterocycles. The third-order valence-corrected chi connectivity index (χ3v) is 5.95. The molecule has 29 heavy (non-hydrogen) atoms. The molecule has 154 valence electrons. The van der Waals surface area contributed by atoms with Crippen molar-refractivity contribution in [3.8, 4) is 5.75 Å². The molecule has 7 heteroatoms. The first-order chi connectivity index (χ1) is 13.9. The quantitative estimate of drug-likeness (QED) is 0.498. The number of carbonyl (C=O) groups is 2. The van der Waals surface area contributed by atoms with E-state index in [2.05, 4.69) is 37.2 Å². The highest BCUT2D eigenvalue weighted by Crippen LogP contribution is 2.35. The zero-order chi connectivity index (χ0) is 20.8. The summed E-state index contributed by atoms with van der Waals surface area (Å²) in [6.45, 7) is 2.12. The fourth-order valence-electron chi connectivity index (χ4n) is 3.27. The fraction of sp³-hybridized carbons (Fsp3) is 0.364.